The molecule has 0 amide bonds. The van der Waals surface area contributed by atoms with Crippen molar-refractivity contribution in [3.63, 3.8) is 0 Å². The number of allylic oxidation sites excluding steroid dienone is 4. The lowest BCUT2D eigenvalue weighted by Gasteiger charge is -2.30. The molecule has 54 heavy (non-hydrogen) atoms. The van der Waals surface area contributed by atoms with Crippen molar-refractivity contribution >= 4 is 16.9 Å². The average molecular weight is 698 g/mol. The van der Waals surface area contributed by atoms with Crippen molar-refractivity contribution in [1.29, 1.82) is 0 Å². The molecule has 0 N–H and O–H groups in total. The van der Waals surface area contributed by atoms with Crippen molar-refractivity contribution in [3.8, 4) is 44.9 Å². The topological polar surface area (TPSA) is 12.5 Å². The van der Waals surface area contributed by atoms with Gasteiger partial charge in [-0.1, -0.05) is 172 Å². The lowest BCUT2D eigenvalue weighted by molar-refractivity contribution is 0.483. The summed E-state index contributed by atoms with van der Waals surface area (Å²) in [5, 5.41) is 0. The average Bonchev–Trinajstić information content (AvgIpc) is 3.47. The third-order valence-corrected chi connectivity index (χ3v) is 10.5. The Bertz CT molecular complexity index is 2470. The van der Waals surface area contributed by atoms with E-state index in [9.17, 15) is 0 Å². The highest BCUT2D eigenvalue weighted by atomic mass is 16.5. The highest BCUT2D eigenvalue weighted by Gasteiger charge is 2.39. The molecule has 0 radical (unpaired) electrons. The molecule has 262 valence electrons. The van der Waals surface area contributed by atoms with Crippen molar-refractivity contribution in [1.82, 2.24) is 0 Å². The summed E-state index contributed by atoms with van der Waals surface area (Å²) in [4.78, 5) is 2.35. The minimum Gasteiger partial charge on any atom is -0.457 e. The highest BCUT2D eigenvalue weighted by Crippen LogP contribution is 2.56. The van der Waals surface area contributed by atoms with Gasteiger partial charge in [0.25, 0.3) is 0 Å². The number of benzene rings is 7. The van der Waals surface area contributed by atoms with Gasteiger partial charge in [0.05, 0.1) is 0 Å². The molecular formula is C52H43NO. The quantitative estimate of drug-likeness (QED) is 0.132. The van der Waals surface area contributed by atoms with Gasteiger partial charge in [-0.25, -0.2) is 0 Å². The fraction of sp³-hybridized carbons (Fsp3) is 0.0769. The molecular weight excluding hydrogens is 655 g/mol. The monoisotopic (exact) mass is 697 g/mol. The van der Waals surface area contributed by atoms with E-state index in [-0.39, 0.29) is 5.41 Å². The van der Waals surface area contributed by atoms with Crippen molar-refractivity contribution in [3.05, 3.63) is 223 Å². The molecule has 0 spiro atoms. The molecule has 7 aromatic rings. The highest BCUT2D eigenvalue weighted by molar-refractivity contribution is 5.93. The number of anilines is 2. The summed E-state index contributed by atoms with van der Waals surface area (Å²) in [6.45, 7) is 10.9. The summed E-state index contributed by atoms with van der Waals surface area (Å²) in [6, 6.07) is 62.1. The van der Waals surface area contributed by atoms with E-state index in [0.29, 0.717) is 0 Å². The Balaban J connectivity index is 1.24. The lowest BCUT2D eigenvalue weighted by Crippen LogP contribution is -2.18. The van der Waals surface area contributed by atoms with Crippen LogP contribution in [-0.2, 0) is 5.41 Å². The van der Waals surface area contributed by atoms with Crippen LogP contribution >= 0.6 is 0 Å². The van der Waals surface area contributed by atoms with Gasteiger partial charge in [-0.05, 0) is 93.9 Å². The second kappa shape index (κ2) is 14.8. The Kier molecular flexibility index (Phi) is 9.42. The smallest absolute Gasteiger partial charge is 0.135 e. The number of ether oxygens (including phenoxy) is 1. The van der Waals surface area contributed by atoms with Gasteiger partial charge in [-0.15, -0.1) is 0 Å². The Morgan fingerprint density at radius 3 is 1.76 bits per heavy atom. The maximum absolute atomic E-state index is 6.59. The van der Waals surface area contributed by atoms with E-state index in [1.165, 1.54) is 38.9 Å². The van der Waals surface area contributed by atoms with E-state index in [1.807, 2.05) is 36.4 Å². The molecule has 0 heterocycles. The molecule has 0 atom stereocenters. The standard InChI is InChI=1S/C52H43NO/c1-5-18-44(39-21-12-8-13-22-39)48(6-2)53(41-31-27-38(28-32-41)37-19-10-7-11-20-37)42-33-29-40(30-34-42)45-35-36-49(54-43-23-14-9-15-24-43)50-46-25-16-17-26-47(46)52(3,4)51(45)50/h5-36H,1H2,2-4H3/b44-18-,48-6+. The van der Waals surface area contributed by atoms with Gasteiger partial charge in [-0.2, -0.15) is 0 Å². The second-order valence-corrected chi connectivity index (χ2v) is 14.1. The van der Waals surface area contributed by atoms with Crippen LogP contribution in [0.4, 0.5) is 11.4 Å². The first kappa shape index (κ1) is 34.4. The SMILES string of the molecule is C=C/C=C(\C(=C/C)N(c1ccc(-c2ccccc2)cc1)c1ccc(-c2ccc(Oc3ccccc3)c3c2C(C)(C)c2ccccc2-3)cc1)c1ccccc1. The van der Waals surface area contributed by atoms with Gasteiger partial charge in [-0.3, -0.25) is 0 Å². The summed E-state index contributed by atoms with van der Waals surface area (Å²) in [6.07, 6.45) is 6.17. The van der Waals surface area contributed by atoms with Gasteiger partial charge < -0.3 is 9.64 Å². The number of nitrogens with zero attached hydrogens (tertiary/aromatic N) is 1. The Morgan fingerprint density at radius 1 is 0.574 bits per heavy atom. The summed E-state index contributed by atoms with van der Waals surface area (Å²) < 4.78 is 6.59. The van der Waals surface area contributed by atoms with E-state index in [2.05, 4.69) is 190 Å². The van der Waals surface area contributed by atoms with Crippen LogP contribution in [0.2, 0.25) is 0 Å². The van der Waals surface area contributed by atoms with Crippen LogP contribution in [-0.4, -0.2) is 0 Å². The van der Waals surface area contributed by atoms with Gasteiger partial charge in [0.15, 0.2) is 0 Å². The van der Waals surface area contributed by atoms with Crippen LogP contribution < -0.4 is 9.64 Å². The minimum absolute atomic E-state index is 0.222. The maximum atomic E-state index is 6.59. The summed E-state index contributed by atoms with van der Waals surface area (Å²) >= 11 is 0. The molecule has 0 aliphatic heterocycles. The molecule has 2 nitrogen and oxygen atoms in total. The van der Waals surface area contributed by atoms with Crippen LogP contribution in [0.5, 0.6) is 11.5 Å². The molecule has 1 aliphatic carbocycles. The van der Waals surface area contributed by atoms with Crippen LogP contribution in [0, 0.1) is 0 Å². The third-order valence-electron chi connectivity index (χ3n) is 10.5. The van der Waals surface area contributed by atoms with Crippen LogP contribution in [0.15, 0.2) is 206 Å². The molecule has 0 unspecified atom stereocenters. The zero-order valence-corrected chi connectivity index (χ0v) is 31.0. The summed E-state index contributed by atoms with van der Waals surface area (Å²) in [5.74, 6) is 1.70. The van der Waals surface area contributed by atoms with Crippen LogP contribution in [0.25, 0.3) is 39.0 Å². The van der Waals surface area contributed by atoms with Gasteiger partial charge in [0, 0.05) is 33.6 Å². The molecule has 0 aromatic heterocycles. The minimum atomic E-state index is -0.222. The fourth-order valence-electron chi connectivity index (χ4n) is 7.94. The molecule has 8 rings (SSSR count). The zero-order chi connectivity index (χ0) is 37.1. The molecule has 0 bridgehead atoms. The summed E-state index contributed by atoms with van der Waals surface area (Å²) in [7, 11) is 0. The number of para-hydroxylation sites is 1. The second-order valence-electron chi connectivity index (χ2n) is 14.1. The first-order valence-corrected chi connectivity index (χ1v) is 18.6. The number of rotatable bonds is 10. The van der Waals surface area contributed by atoms with Gasteiger partial charge in [0.2, 0.25) is 0 Å². The van der Waals surface area contributed by atoms with E-state index in [4.69, 9.17) is 4.74 Å². The van der Waals surface area contributed by atoms with Gasteiger partial charge in [0.1, 0.15) is 11.5 Å². The van der Waals surface area contributed by atoms with E-state index < -0.39 is 0 Å². The van der Waals surface area contributed by atoms with Crippen molar-refractivity contribution < 1.29 is 4.74 Å². The molecule has 0 fully saturated rings. The molecule has 1 aliphatic rings. The van der Waals surface area contributed by atoms with Gasteiger partial charge >= 0.3 is 0 Å². The predicted molar refractivity (Wildman–Crippen MR) is 228 cm³/mol. The predicted octanol–water partition coefficient (Wildman–Crippen LogP) is 14.4. The van der Waals surface area contributed by atoms with Crippen molar-refractivity contribution in [2.75, 3.05) is 4.90 Å². The van der Waals surface area contributed by atoms with E-state index >= 15 is 0 Å². The number of fused-ring (bicyclic) bond motifs is 3. The fourth-order valence-corrected chi connectivity index (χ4v) is 7.94. The number of hydrogen-bond acceptors (Lipinski definition) is 2. The first-order valence-electron chi connectivity index (χ1n) is 18.6. The molecule has 7 aromatic carbocycles. The molecule has 2 heteroatoms. The van der Waals surface area contributed by atoms with Crippen LogP contribution in [0.1, 0.15) is 37.5 Å². The lowest BCUT2D eigenvalue weighted by atomic mass is 9.78. The van der Waals surface area contributed by atoms with E-state index in [1.54, 1.807) is 0 Å². The first-order chi connectivity index (χ1) is 26.5. The van der Waals surface area contributed by atoms with Crippen molar-refractivity contribution in [2.24, 2.45) is 0 Å². The third kappa shape index (κ3) is 6.37. The summed E-state index contributed by atoms with van der Waals surface area (Å²) in [5.41, 5.74) is 14.9. The zero-order valence-electron chi connectivity index (χ0n) is 31.0. The van der Waals surface area contributed by atoms with E-state index in [0.717, 1.165) is 45.3 Å². The Morgan fingerprint density at radius 2 is 1.13 bits per heavy atom. The number of hydrogen-bond donors (Lipinski definition) is 0. The van der Waals surface area contributed by atoms with Crippen molar-refractivity contribution in [2.45, 2.75) is 26.2 Å². The Hall–Kier alpha value is -6.64. The Labute approximate surface area is 319 Å². The normalized spacial score (nSPS) is 13.2. The molecule has 0 saturated carbocycles. The molecule has 0 saturated heterocycles. The van der Waals surface area contributed by atoms with Crippen LogP contribution in [0.3, 0.4) is 0 Å². The largest absolute Gasteiger partial charge is 0.457 e. The maximum Gasteiger partial charge on any atom is 0.135 e.